The first-order valence-corrected chi connectivity index (χ1v) is 10.5. The van der Waals surface area contributed by atoms with Gasteiger partial charge >= 0.3 is 0 Å². The molecule has 1 aliphatic heterocycles. The van der Waals surface area contributed by atoms with Crippen molar-refractivity contribution < 1.29 is 9.72 Å². The highest BCUT2D eigenvalue weighted by Crippen LogP contribution is 2.31. The molecule has 0 spiro atoms. The number of ketones is 1. The number of nitro benzene ring substituents is 1. The van der Waals surface area contributed by atoms with E-state index >= 15 is 0 Å². The molecular weight excluding hydrogens is 390 g/mol. The van der Waals surface area contributed by atoms with Crippen LogP contribution in [0.5, 0.6) is 0 Å². The van der Waals surface area contributed by atoms with Crippen molar-refractivity contribution in [1.29, 1.82) is 0 Å². The fourth-order valence-electron chi connectivity index (χ4n) is 3.19. The average Bonchev–Trinajstić information content (AvgIpc) is 3.00. The lowest BCUT2D eigenvalue weighted by molar-refractivity contribution is -0.384. The second-order valence-corrected chi connectivity index (χ2v) is 9.32. The van der Waals surface area contributed by atoms with Crippen molar-refractivity contribution in [3.8, 4) is 0 Å². The summed E-state index contributed by atoms with van der Waals surface area (Å²) in [5.41, 5.74) is 0.402. The monoisotopic (exact) mass is 415 g/mol. The molecule has 2 heterocycles. The number of carbonyl (C=O) groups excluding carboxylic acids is 1. The van der Waals surface area contributed by atoms with Gasteiger partial charge in [-0.05, 0) is 37.0 Å². The van der Waals surface area contributed by atoms with Gasteiger partial charge in [0, 0.05) is 30.6 Å². The van der Waals surface area contributed by atoms with Crippen LogP contribution in [0, 0.1) is 15.5 Å². The summed E-state index contributed by atoms with van der Waals surface area (Å²) in [5.74, 6) is -0.0805. The van der Waals surface area contributed by atoms with Crippen LogP contribution in [-0.2, 0) is 4.79 Å². The summed E-state index contributed by atoms with van der Waals surface area (Å²) in [6, 6.07) is 5.06. The molecule has 1 fully saturated rings. The Morgan fingerprint density at radius 1 is 1.24 bits per heavy atom. The average molecular weight is 416 g/mol. The zero-order valence-corrected chi connectivity index (χ0v) is 17.7. The number of nitrogens with one attached hydrogen (secondary N) is 1. The SMILES string of the molecule is CC(C)(C)C(=O)C=c1[nH]c(=O)c(=Cc2ccc(N3CCCCC3)c([N+](=O)[O-])c2)s1. The van der Waals surface area contributed by atoms with Gasteiger partial charge in [0.15, 0.2) is 5.78 Å². The van der Waals surface area contributed by atoms with Crippen molar-refractivity contribution in [2.75, 3.05) is 18.0 Å². The van der Waals surface area contributed by atoms with Crippen molar-refractivity contribution in [2.24, 2.45) is 5.41 Å². The number of H-pyrrole nitrogens is 1. The molecule has 0 atom stereocenters. The lowest BCUT2D eigenvalue weighted by Crippen LogP contribution is -2.29. The Hall–Kier alpha value is -2.74. The third-order valence-corrected chi connectivity index (χ3v) is 5.84. The Labute approximate surface area is 172 Å². The first kappa shape index (κ1) is 21.0. The fraction of sp³-hybridized carbons (Fsp3) is 0.429. The van der Waals surface area contributed by atoms with Crippen molar-refractivity contribution in [2.45, 2.75) is 40.0 Å². The van der Waals surface area contributed by atoms with Crippen LogP contribution in [0.1, 0.15) is 45.6 Å². The summed E-state index contributed by atoms with van der Waals surface area (Å²) in [4.78, 5) is 40.4. The van der Waals surface area contributed by atoms with E-state index in [4.69, 9.17) is 0 Å². The predicted octanol–water partition coefficient (Wildman–Crippen LogP) is 2.56. The zero-order chi connectivity index (χ0) is 21.2. The van der Waals surface area contributed by atoms with Gasteiger partial charge in [0.05, 0.1) is 14.1 Å². The van der Waals surface area contributed by atoms with E-state index in [-0.39, 0.29) is 22.0 Å². The van der Waals surface area contributed by atoms with Gasteiger partial charge in [0.1, 0.15) is 5.69 Å². The number of piperidine rings is 1. The van der Waals surface area contributed by atoms with Gasteiger partial charge in [-0.1, -0.05) is 26.8 Å². The van der Waals surface area contributed by atoms with Crippen LogP contribution in [0.25, 0.3) is 12.2 Å². The minimum atomic E-state index is -0.532. The fourth-order valence-corrected chi connectivity index (χ4v) is 4.08. The topological polar surface area (TPSA) is 96.3 Å². The Bertz CT molecular complexity index is 1100. The summed E-state index contributed by atoms with van der Waals surface area (Å²) in [6.07, 6.45) is 6.26. The second-order valence-electron chi connectivity index (χ2n) is 8.24. The highest BCUT2D eigenvalue weighted by molar-refractivity contribution is 7.07. The van der Waals surface area contributed by atoms with E-state index in [1.807, 2.05) is 20.8 Å². The van der Waals surface area contributed by atoms with Gasteiger partial charge in [-0.3, -0.25) is 19.7 Å². The molecule has 1 aromatic heterocycles. The quantitative estimate of drug-likeness (QED) is 0.612. The van der Waals surface area contributed by atoms with Gasteiger partial charge in [-0.15, -0.1) is 11.3 Å². The Kier molecular flexibility index (Phi) is 6.02. The smallest absolute Gasteiger partial charge is 0.293 e. The number of aromatic amines is 1. The van der Waals surface area contributed by atoms with Crippen LogP contribution in [0.3, 0.4) is 0 Å². The van der Waals surface area contributed by atoms with Crippen molar-refractivity contribution in [3.63, 3.8) is 0 Å². The summed E-state index contributed by atoms with van der Waals surface area (Å²) in [6.45, 7) is 7.07. The lowest BCUT2D eigenvalue weighted by Gasteiger charge is -2.28. The number of Topliss-reactive ketones (excluding diaryl/α,β-unsaturated/α-hetero) is 1. The molecule has 2 aromatic rings. The van der Waals surface area contributed by atoms with Crippen LogP contribution in [-0.4, -0.2) is 28.8 Å². The number of nitrogens with zero attached hydrogens (tertiary/aromatic N) is 2. The van der Waals surface area contributed by atoms with Crippen LogP contribution in [0.15, 0.2) is 23.0 Å². The van der Waals surface area contributed by atoms with E-state index in [0.29, 0.717) is 20.4 Å². The van der Waals surface area contributed by atoms with E-state index in [1.165, 1.54) is 23.5 Å². The Morgan fingerprint density at radius 3 is 2.55 bits per heavy atom. The van der Waals surface area contributed by atoms with Crippen LogP contribution >= 0.6 is 11.3 Å². The molecule has 0 amide bonds. The van der Waals surface area contributed by atoms with Gasteiger partial charge in [-0.25, -0.2) is 0 Å². The molecule has 154 valence electrons. The molecule has 3 rings (SSSR count). The molecule has 1 saturated heterocycles. The lowest BCUT2D eigenvalue weighted by atomic mass is 9.91. The predicted molar refractivity (Wildman–Crippen MR) is 116 cm³/mol. The minimum absolute atomic E-state index is 0.0448. The molecule has 29 heavy (non-hydrogen) atoms. The number of hydrogen-bond donors (Lipinski definition) is 1. The molecule has 0 unspecified atom stereocenters. The van der Waals surface area contributed by atoms with Gasteiger partial charge < -0.3 is 9.88 Å². The maximum atomic E-state index is 12.3. The minimum Gasteiger partial charge on any atom is -0.366 e. The van der Waals surface area contributed by atoms with E-state index < -0.39 is 5.41 Å². The van der Waals surface area contributed by atoms with Crippen LogP contribution in [0.2, 0.25) is 0 Å². The van der Waals surface area contributed by atoms with E-state index in [9.17, 15) is 19.7 Å². The summed E-state index contributed by atoms with van der Waals surface area (Å²) in [7, 11) is 0. The van der Waals surface area contributed by atoms with E-state index in [0.717, 1.165) is 32.4 Å². The zero-order valence-electron chi connectivity index (χ0n) is 16.9. The highest BCUT2D eigenvalue weighted by Gasteiger charge is 2.21. The second kappa shape index (κ2) is 8.32. The first-order chi connectivity index (χ1) is 13.6. The molecule has 1 aromatic carbocycles. The number of carbonyl (C=O) groups is 1. The molecule has 0 bridgehead atoms. The first-order valence-electron chi connectivity index (χ1n) is 9.65. The summed E-state index contributed by atoms with van der Waals surface area (Å²) < 4.78 is 0.874. The Balaban J connectivity index is 2.00. The number of benzene rings is 1. The van der Waals surface area contributed by atoms with Crippen LogP contribution < -0.4 is 19.7 Å². The standard InChI is InChI=1S/C21H25N3O4S/c1-21(2,3)18(25)13-19-22-20(26)17(29-19)12-14-7-8-15(16(11-14)24(27)28)23-9-5-4-6-10-23/h7-8,11-13H,4-6,9-10H2,1-3H3,(H,22,26). The molecular formula is C21H25N3O4S. The molecule has 1 N–H and O–H groups in total. The number of hydrogen-bond acceptors (Lipinski definition) is 6. The number of thiazole rings is 1. The molecule has 0 saturated carbocycles. The van der Waals surface area contributed by atoms with Gasteiger partial charge in [0.25, 0.3) is 11.2 Å². The van der Waals surface area contributed by atoms with Crippen molar-refractivity contribution >= 4 is 40.6 Å². The third-order valence-electron chi connectivity index (χ3n) is 4.87. The van der Waals surface area contributed by atoms with Crippen LogP contribution in [0.4, 0.5) is 11.4 Å². The van der Waals surface area contributed by atoms with Crippen molar-refractivity contribution in [3.05, 3.63) is 53.4 Å². The van der Waals surface area contributed by atoms with E-state index in [1.54, 1.807) is 18.2 Å². The van der Waals surface area contributed by atoms with Crippen molar-refractivity contribution in [1.82, 2.24) is 4.98 Å². The molecule has 1 aliphatic rings. The summed E-state index contributed by atoms with van der Waals surface area (Å²) in [5, 5.41) is 11.6. The highest BCUT2D eigenvalue weighted by atomic mass is 32.1. The number of nitro groups is 1. The Morgan fingerprint density at radius 2 is 1.93 bits per heavy atom. The third kappa shape index (κ3) is 5.00. The number of aromatic nitrogens is 1. The van der Waals surface area contributed by atoms with E-state index in [2.05, 4.69) is 9.88 Å². The number of rotatable bonds is 4. The molecule has 8 heteroatoms. The normalized spacial score (nSPS) is 16.3. The number of anilines is 1. The molecule has 0 radical (unpaired) electrons. The molecule has 0 aliphatic carbocycles. The maximum absolute atomic E-state index is 12.3. The van der Waals surface area contributed by atoms with Gasteiger partial charge in [-0.2, -0.15) is 0 Å². The largest absolute Gasteiger partial charge is 0.366 e. The maximum Gasteiger partial charge on any atom is 0.293 e. The molecule has 7 nitrogen and oxygen atoms in total. The van der Waals surface area contributed by atoms with Gasteiger partial charge in [0.2, 0.25) is 0 Å². The summed E-state index contributed by atoms with van der Waals surface area (Å²) >= 11 is 1.17.